The molecule has 2 aromatic carbocycles. The van der Waals surface area contributed by atoms with Gasteiger partial charge >= 0.3 is 0 Å². The molecule has 0 unspecified atom stereocenters. The Kier molecular flexibility index (Phi) is 5.40. The fourth-order valence-electron chi connectivity index (χ4n) is 3.01. The van der Waals surface area contributed by atoms with Crippen LogP contribution in [0.3, 0.4) is 0 Å². The van der Waals surface area contributed by atoms with E-state index in [4.69, 9.17) is 9.47 Å². The van der Waals surface area contributed by atoms with E-state index in [1.807, 2.05) is 37.3 Å². The van der Waals surface area contributed by atoms with E-state index in [9.17, 15) is 4.79 Å². The van der Waals surface area contributed by atoms with Crippen LogP contribution >= 0.6 is 11.3 Å². The number of anilines is 1. The van der Waals surface area contributed by atoms with Crippen LogP contribution < -0.4 is 14.8 Å². The number of rotatable bonds is 6. The molecule has 0 bridgehead atoms. The molecule has 2 aromatic heterocycles. The molecule has 0 fully saturated rings. The van der Waals surface area contributed by atoms with E-state index in [2.05, 4.69) is 25.8 Å². The summed E-state index contributed by atoms with van der Waals surface area (Å²) in [4.78, 5) is 17.2. The molecule has 152 valence electrons. The average molecular weight is 422 g/mol. The lowest BCUT2D eigenvalue weighted by Gasteiger charge is -2.10. The Balaban J connectivity index is 1.55. The SMILES string of the molecule is COc1cccc(-c2nc(C(=O)Nc3ccc(-n4cnnn4)c(C)c3)cs2)c1OC. The Morgan fingerprint density at radius 2 is 2.03 bits per heavy atom. The summed E-state index contributed by atoms with van der Waals surface area (Å²) < 4.78 is 12.4. The number of ether oxygens (including phenoxy) is 2. The van der Waals surface area contributed by atoms with Crippen molar-refractivity contribution in [2.45, 2.75) is 6.92 Å². The molecule has 0 radical (unpaired) electrons. The van der Waals surface area contributed by atoms with Crippen molar-refractivity contribution in [1.29, 1.82) is 0 Å². The van der Waals surface area contributed by atoms with E-state index < -0.39 is 0 Å². The molecule has 4 aromatic rings. The van der Waals surface area contributed by atoms with E-state index in [1.54, 1.807) is 30.3 Å². The maximum absolute atomic E-state index is 12.7. The third-order valence-corrected chi connectivity index (χ3v) is 5.30. The first-order chi connectivity index (χ1) is 14.6. The third kappa shape index (κ3) is 3.72. The Hall–Kier alpha value is -3.79. The van der Waals surface area contributed by atoms with Crippen LogP contribution in [0, 0.1) is 6.92 Å². The molecule has 0 saturated carbocycles. The van der Waals surface area contributed by atoms with Crippen LogP contribution in [0.1, 0.15) is 16.1 Å². The number of benzene rings is 2. The van der Waals surface area contributed by atoms with Crippen molar-refractivity contribution in [3.8, 4) is 27.8 Å². The highest BCUT2D eigenvalue weighted by molar-refractivity contribution is 7.13. The predicted octanol–water partition coefficient (Wildman–Crippen LogP) is 3.36. The summed E-state index contributed by atoms with van der Waals surface area (Å²) in [6.45, 7) is 1.92. The molecule has 0 aliphatic heterocycles. The molecule has 0 atom stereocenters. The van der Waals surface area contributed by atoms with Gasteiger partial charge < -0.3 is 14.8 Å². The van der Waals surface area contributed by atoms with Gasteiger partial charge in [0.1, 0.15) is 17.0 Å². The molecule has 1 amide bonds. The highest BCUT2D eigenvalue weighted by Crippen LogP contribution is 2.39. The lowest BCUT2D eigenvalue weighted by molar-refractivity contribution is 0.102. The average Bonchev–Trinajstić information content (AvgIpc) is 3.45. The molecule has 0 aliphatic rings. The van der Waals surface area contributed by atoms with Gasteiger partial charge in [0.15, 0.2) is 11.5 Å². The van der Waals surface area contributed by atoms with Crippen LogP contribution in [0.25, 0.3) is 16.3 Å². The first-order valence-electron chi connectivity index (χ1n) is 8.93. The van der Waals surface area contributed by atoms with Crippen LogP contribution in [0.15, 0.2) is 48.1 Å². The number of hydrogen-bond donors (Lipinski definition) is 1. The molecular formula is C20H18N6O3S. The zero-order valence-corrected chi connectivity index (χ0v) is 17.3. The molecule has 4 rings (SSSR count). The largest absolute Gasteiger partial charge is 0.493 e. The Morgan fingerprint density at radius 3 is 2.73 bits per heavy atom. The van der Waals surface area contributed by atoms with Crippen molar-refractivity contribution in [3.05, 3.63) is 59.4 Å². The standard InChI is InChI=1S/C20H18N6O3S/c1-12-9-13(7-8-16(12)26-11-21-24-25-26)22-19(27)15-10-30-20(23-15)14-5-4-6-17(28-2)18(14)29-3/h4-11H,1-3H3,(H,22,27). The van der Waals surface area contributed by atoms with Gasteiger partial charge in [0.2, 0.25) is 0 Å². The Bertz CT molecular complexity index is 1190. The topological polar surface area (TPSA) is 104 Å². The molecular weight excluding hydrogens is 404 g/mol. The summed E-state index contributed by atoms with van der Waals surface area (Å²) in [5.74, 6) is 0.887. The molecule has 30 heavy (non-hydrogen) atoms. The first-order valence-corrected chi connectivity index (χ1v) is 9.81. The Morgan fingerprint density at radius 1 is 1.17 bits per heavy atom. The highest BCUT2D eigenvalue weighted by Gasteiger charge is 2.17. The smallest absolute Gasteiger partial charge is 0.275 e. The van der Waals surface area contributed by atoms with Crippen molar-refractivity contribution in [2.24, 2.45) is 0 Å². The van der Waals surface area contributed by atoms with Crippen LogP contribution in [0.2, 0.25) is 0 Å². The van der Waals surface area contributed by atoms with Gasteiger partial charge in [0.05, 0.1) is 25.5 Å². The summed E-state index contributed by atoms with van der Waals surface area (Å²) in [6.07, 6.45) is 1.52. The zero-order valence-electron chi connectivity index (χ0n) is 16.5. The minimum absolute atomic E-state index is 0.297. The number of methoxy groups -OCH3 is 2. The van der Waals surface area contributed by atoms with E-state index in [-0.39, 0.29) is 5.91 Å². The maximum atomic E-state index is 12.7. The number of aromatic nitrogens is 5. The van der Waals surface area contributed by atoms with E-state index in [1.165, 1.54) is 17.7 Å². The molecule has 0 aliphatic carbocycles. The third-order valence-electron chi connectivity index (χ3n) is 4.42. The second kappa shape index (κ2) is 8.29. The number of amides is 1. The summed E-state index contributed by atoms with van der Waals surface area (Å²) >= 11 is 1.36. The van der Waals surface area contributed by atoms with Gasteiger partial charge in [-0.25, -0.2) is 9.67 Å². The summed E-state index contributed by atoms with van der Waals surface area (Å²) in [5.41, 5.74) is 3.49. The fraction of sp³-hybridized carbons (Fsp3) is 0.150. The van der Waals surface area contributed by atoms with Gasteiger partial charge in [-0.3, -0.25) is 4.79 Å². The zero-order chi connectivity index (χ0) is 21.1. The minimum Gasteiger partial charge on any atom is -0.493 e. The van der Waals surface area contributed by atoms with Crippen LogP contribution in [-0.4, -0.2) is 45.3 Å². The number of aryl methyl sites for hydroxylation is 1. The molecule has 0 saturated heterocycles. The second-order valence-electron chi connectivity index (χ2n) is 6.29. The minimum atomic E-state index is -0.297. The van der Waals surface area contributed by atoms with E-state index in [0.717, 1.165) is 16.8 Å². The van der Waals surface area contributed by atoms with Crippen molar-refractivity contribution in [2.75, 3.05) is 19.5 Å². The number of carbonyl (C=O) groups is 1. The number of thiazole rings is 1. The lowest BCUT2D eigenvalue weighted by atomic mass is 10.1. The molecule has 10 heteroatoms. The molecule has 9 nitrogen and oxygen atoms in total. The molecule has 0 spiro atoms. The number of nitrogens with zero attached hydrogens (tertiary/aromatic N) is 5. The number of tetrazole rings is 1. The number of carbonyl (C=O) groups excluding carboxylic acids is 1. The van der Waals surface area contributed by atoms with Crippen LogP contribution in [0.4, 0.5) is 5.69 Å². The quantitative estimate of drug-likeness (QED) is 0.508. The van der Waals surface area contributed by atoms with E-state index in [0.29, 0.717) is 27.9 Å². The summed E-state index contributed by atoms with van der Waals surface area (Å²) in [7, 11) is 3.15. The number of para-hydroxylation sites is 1. The maximum Gasteiger partial charge on any atom is 0.275 e. The molecule has 1 N–H and O–H groups in total. The fourth-order valence-corrected chi connectivity index (χ4v) is 3.84. The van der Waals surface area contributed by atoms with Gasteiger partial charge in [-0.1, -0.05) is 6.07 Å². The summed E-state index contributed by atoms with van der Waals surface area (Å²) in [5, 5.41) is 16.4. The van der Waals surface area contributed by atoms with Crippen molar-refractivity contribution < 1.29 is 14.3 Å². The van der Waals surface area contributed by atoms with Gasteiger partial charge in [0, 0.05) is 11.1 Å². The Labute approximate surface area is 176 Å². The monoisotopic (exact) mass is 422 g/mol. The lowest BCUT2D eigenvalue weighted by Crippen LogP contribution is -2.12. The normalized spacial score (nSPS) is 10.6. The first kappa shape index (κ1) is 19.5. The number of hydrogen-bond acceptors (Lipinski definition) is 8. The van der Waals surface area contributed by atoms with Crippen molar-refractivity contribution in [3.63, 3.8) is 0 Å². The van der Waals surface area contributed by atoms with Crippen LogP contribution in [-0.2, 0) is 0 Å². The van der Waals surface area contributed by atoms with Gasteiger partial charge in [-0.05, 0) is 53.2 Å². The van der Waals surface area contributed by atoms with Gasteiger partial charge in [-0.15, -0.1) is 16.4 Å². The predicted molar refractivity (Wildman–Crippen MR) is 112 cm³/mol. The van der Waals surface area contributed by atoms with E-state index >= 15 is 0 Å². The van der Waals surface area contributed by atoms with Gasteiger partial charge in [-0.2, -0.15) is 0 Å². The molecule has 2 heterocycles. The second-order valence-corrected chi connectivity index (χ2v) is 7.15. The summed E-state index contributed by atoms with van der Waals surface area (Å²) in [6, 6.07) is 11.0. The van der Waals surface area contributed by atoms with Crippen LogP contribution in [0.5, 0.6) is 11.5 Å². The number of nitrogens with one attached hydrogen (secondary N) is 1. The highest BCUT2D eigenvalue weighted by atomic mass is 32.1. The van der Waals surface area contributed by atoms with Gasteiger partial charge in [0.25, 0.3) is 5.91 Å². The van der Waals surface area contributed by atoms with Crippen molar-refractivity contribution >= 4 is 22.9 Å². The van der Waals surface area contributed by atoms with Crippen molar-refractivity contribution in [1.82, 2.24) is 25.2 Å².